The molecule has 1 atom stereocenters. The topological polar surface area (TPSA) is 80.5 Å². The zero-order valence-electron chi connectivity index (χ0n) is 12.1. The Hall–Kier alpha value is -2.39. The monoisotopic (exact) mass is 388 g/mol. The molecule has 5 nitrogen and oxygen atoms in total. The highest BCUT2D eigenvalue weighted by atomic mass is 35.5. The Morgan fingerprint density at radius 3 is 2.44 bits per heavy atom. The Balaban J connectivity index is 2.16. The first-order chi connectivity index (χ1) is 11.6. The van der Waals surface area contributed by atoms with Crippen LogP contribution >= 0.6 is 22.9 Å². The molecule has 1 aliphatic rings. The molecule has 0 saturated carbocycles. The Bertz CT molecular complexity index is 910. The zero-order valence-corrected chi connectivity index (χ0v) is 13.7. The molecular weight excluding hydrogens is 381 g/mol. The molecule has 1 aromatic heterocycles. The summed E-state index contributed by atoms with van der Waals surface area (Å²) in [7, 11) is 0. The third-order valence-corrected chi connectivity index (χ3v) is 4.96. The fourth-order valence-corrected chi connectivity index (χ4v) is 3.66. The first kappa shape index (κ1) is 17.4. The smallest absolute Gasteiger partial charge is 0.351 e. The predicted octanol–water partition coefficient (Wildman–Crippen LogP) is 3.81. The lowest BCUT2D eigenvalue weighted by Gasteiger charge is -2.13. The number of alkyl halides is 3. The highest BCUT2D eigenvalue weighted by Gasteiger charge is 2.46. The van der Waals surface area contributed by atoms with Crippen LogP contribution in [0.3, 0.4) is 0 Å². The van der Waals surface area contributed by atoms with Crippen LogP contribution < -0.4 is 10.6 Å². The molecular formula is C15H8ClF3N2O3S. The summed E-state index contributed by atoms with van der Waals surface area (Å²) >= 11 is 6.70. The summed E-state index contributed by atoms with van der Waals surface area (Å²) in [6.45, 7) is 0. The molecule has 1 aromatic carbocycles. The van der Waals surface area contributed by atoms with E-state index in [1.165, 1.54) is 11.4 Å². The van der Waals surface area contributed by atoms with Gasteiger partial charge in [-0.15, -0.1) is 11.3 Å². The quantitative estimate of drug-likeness (QED) is 0.627. The molecule has 2 aromatic rings. The van der Waals surface area contributed by atoms with Gasteiger partial charge in [-0.1, -0.05) is 11.6 Å². The van der Waals surface area contributed by atoms with Gasteiger partial charge in [0.2, 0.25) is 0 Å². The Labute approximate surface area is 147 Å². The third kappa shape index (κ3) is 2.89. The molecule has 3 amide bonds. The number of halogens is 4. The average molecular weight is 389 g/mol. The molecule has 3 rings (SSSR count). The number of imide groups is 1. The van der Waals surface area contributed by atoms with Crippen LogP contribution in [0.25, 0.3) is 0 Å². The molecule has 1 aliphatic heterocycles. The highest BCUT2D eigenvalue weighted by Crippen LogP contribution is 2.43. The van der Waals surface area contributed by atoms with Crippen LogP contribution in [0.15, 0.2) is 29.6 Å². The number of benzene rings is 1. The van der Waals surface area contributed by atoms with Crippen LogP contribution in [0.1, 0.15) is 26.7 Å². The molecule has 1 unspecified atom stereocenters. The van der Waals surface area contributed by atoms with E-state index in [-0.39, 0.29) is 21.2 Å². The predicted molar refractivity (Wildman–Crippen MR) is 84.9 cm³/mol. The first-order valence-corrected chi connectivity index (χ1v) is 8.00. The van der Waals surface area contributed by atoms with Crippen molar-refractivity contribution >= 4 is 46.3 Å². The second-order valence-corrected chi connectivity index (χ2v) is 6.56. The number of amides is 3. The van der Waals surface area contributed by atoms with E-state index in [1.807, 2.05) is 0 Å². The van der Waals surface area contributed by atoms with Gasteiger partial charge in [-0.3, -0.25) is 9.59 Å². The lowest BCUT2D eigenvalue weighted by molar-refractivity contribution is -0.137. The Morgan fingerprint density at radius 2 is 1.92 bits per heavy atom. The lowest BCUT2D eigenvalue weighted by atomic mass is 9.94. The molecule has 2 heterocycles. The summed E-state index contributed by atoms with van der Waals surface area (Å²) in [5, 5.41) is 1.71. The van der Waals surface area contributed by atoms with Crippen LogP contribution in [0.5, 0.6) is 0 Å². The maximum atomic E-state index is 13.0. The van der Waals surface area contributed by atoms with Crippen molar-refractivity contribution in [2.75, 3.05) is 4.90 Å². The van der Waals surface area contributed by atoms with Crippen LogP contribution in [-0.2, 0) is 11.0 Å². The molecule has 0 aliphatic carbocycles. The Kier molecular flexibility index (Phi) is 4.08. The molecule has 130 valence electrons. The third-order valence-electron chi connectivity index (χ3n) is 3.67. The number of anilines is 1. The van der Waals surface area contributed by atoms with Crippen molar-refractivity contribution in [3.05, 3.63) is 50.7 Å². The van der Waals surface area contributed by atoms with Gasteiger partial charge in [0.15, 0.2) is 5.78 Å². The van der Waals surface area contributed by atoms with Gasteiger partial charge in [-0.05, 0) is 29.8 Å². The minimum Gasteiger partial charge on any atom is -0.351 e. The number of hydrogen-bond acceptors (Lipinski definition) is 4. The fourth-order valence-electron chi connectivity index (χ4n) is 2.61. The van der Waals surface area contributed by atoms with Gasteiger partial charge in [0.1, 0.15) is 5.92 Å². The molecule has 25 heavy (non-hydrogen) atoms. The summed E-state index contributed by atoms with van der Waals surface area (Å²) in [6.07, 6.45) is -4.67. The number of carbonyl (C=O) groups is 3. The van der Waals surface area contributed by atoms with Gasteiger partial charge >= 0.3 is 12.2 Å². The van der Waals surface area contributed by atoms with Crippen molar-refractivity contribution in [1.82, 2.24) is 0 Å². The van der Waals surface area contributed by atoms with E-state index in [0.717, 1.165) is 23.5 Å². The van der Waals surface area contributed by atoms with Crippen molar-refractivity contribution in [2.45, 2.75) is 12.1 Å². The van der Waals surface area contributed by atoms with E-state index in [0.29, 0.717) is 11.0 Å². The molecule has 10 heteroatoms. The molecule has 0 fully saturated rings. The lowest BCUT2D eigenvalue weighted by Crippen LogP contribution is -2.40. The second-order valence-electron chi connectivity index (χ2n) is 5.21. The van der Waals surface area contributed by atoms with Gasteiger partial charge in [-0.25, -0.2) is 9.69 Å². The minimum atomic E-state index is -4.67. The largest absolute Gasteiger partial charge is 0.416 e. The van der Waals surface area contributed by atoms with Crippen molar-refractivity contribution in [3.8, 4) is 0 Å². The summed E-state index contributed by atoms with van der Waals surface area (Å²) < 4.78 is 38.9. The number of rotatable bonds is 2. The summed E-state index contributed by atoms with van der Waals surface area (Å²) in [4.78, 5) is 37.3. The second kappa shape index (κ2) is 5.85. The minimum absolute atomic E-state index is 0.0954. The maximum Gasteiger partial charge on any atom is 0.416 e. The van der Waals surface area contributed by atoms with Crippen LogP contribution in [-0.4, -0.2) is 17.7 Å². The highest BCUT2D eigenvalue weighted by molar-refractivity contribution is 7.12. The summed E-state index contributed by atoms with van der Waals surface area (Å²) in [5.74, 6) is -3.32. The molecule has 0 bridgehead atoms. The molecule has 0 radical (unpaired) electrons. The number of nitrogens with two attached hydrogens (primary N) is 1. The number of primary amides is 1. The molecule has 0 saturated heterocycles. The van der Waals surface area contributed by atoms with Gasteiger partial charge < -0.3 is 5.73 Å². The maximum absolute atomic E-state index is 13.0. The van der Waals surface area contributed by atoms with Crippen LogP contribution in [0, 0.1) is 0 Å². The van der Waals surface area contributed by atoms with E-state index < -0.39 is 35.4 Å². The van der Waals surface area contributed by atoms with E-state index in [1.54, 1.807) is 0 Å². The van der Waals surface area contributed by atoms with Crippen molar-refractivity contribution in [3.63, 3.8) is 0 Å². The van der Waals surface area contributed by atoms with E-state index in [2.05, 4.69) is 0 Å². The summed E-state index contributed by atoms with van der Waals surface area (Å²) in [6, 6.07) is 2.49. The van der Waals surface area contributed by atoms with Gasteiger partial charge in [0.05, 0.1) is 21.2 Å². The zero-order chi connectivity index (χ0) is 18.5. The van der Waals surface area contributed by atoms with Gasteiger partial charge in [0, 0.05) is 5.38 Å². The van der Waals surface area contributed by atoms with Crippen LogP contribution in [0.4, 0.5) is 23.7 Å². The SMILES string of the molecule is NC(=O)N1C(=O)C(C(=O)c2cc(Cl)cs2)c2cc(C(F)(F)F)ccc21. The number of ketones is 1. The van der Waals surface area contributed by atoms with Crippen molar-refractivity contribution in [1.29, 1.82) is 0 Å². The molecule has 2 N–H and O–H groups in total. The van der Waals surface area contributed by atoms with Crippen molar-refractivity contribution in [2.24, 2.45) is 5.73 Å². The number of nitrogens with zero attached hydrogens (tertiary/aromatic N) is 1. The first-order valence-electron chi connectivity index (χ1n) is 6.74. The number of urea groups is 1. The van der Waals surface area contributed by atoms with Gasteiger partial charge in [0.25, 0.3) is 5.91 Å². The normalized spacial score (nSPS) is 16.9. The number of carbonyl (C=O) groups excluding carboxylic acids is 3. The van der Waals surface area contributed by atoms with E-state index in [9.17, 15) is 27.6 Å². The van der Waals surface area contributed by atoms with E-state index in [4.69, 9.17) is 17.3 Å². The number of hydrogen-bond donors (Lipinski definition) is 1. The summed E-state index contributed by atoms with van der Waals surface area (Å²) in [5.41, 5.74) is 3.76. The van der Waals surface area contributed by atoms with Gasteiger partial charge in [-0.2, -0.15) is 13.2 Å². The fraction of sp³-hybridized carbons (Fsp3) is 0.133. The number of fused-ring (bicyclic) bond motifs is 1. The average Bonchev–Trinajstić information content (AvgIpc) is 3.05. The standard InChI is InChI=1S/C15H8ClF3N2O3S/c16-7-4-10(25-5-7)12(22)11-8-3-6(15(17,18)19)1-2-9(8)21(13(11)23)14(20)24/h1-5,11H,(H2,20,24). The van der Waals surface area contributed by atoms with Crippen molar-refractivity contribution < 1.29 is 27.6 Å². The number of Topliss-reactive ketones (excluding diaryl/α,β-unsaturated/α-hetero) is 1. The number of thiophene rings is 1. The van der Waals surface area contributed by atoms with E-state index >= 15 is 0 Å². The molecule has 0 spiro atoms. The Morgan fingerprint density at radius 1 is 1.24 bits per heavy atom. The van der Waals surface area contributed by atoms with Crippen LogP contribution in [0.2, 0.25) is 5.02 Å².